The Bertz CT molecular complexity index is 888. The molecule has 0 saturated carbocycles. The standard InChI is InChI=1S/C28H38N4O2/c29-27(34)28(22-11-4-1-5-12-22,23-13-6-2-7-14-23)24-16-20-32(21-24)19-9-3-8-17-31-26(33)25-15-10-18-30-25/h1-2,4-7,11-14,24-25,30H,3,8-10,15-21H2,(H2,29,34)(H,31,33)/t24-,25?/m1/s1. The molecule has 2 fully saturated rings. The van der Waals surface area contributed by atoms with E-state index in [-0.39, 0.29) is 23.8 Å². The highest BCUT2D eigenvalue weighted by Crippen LogP contribution is 2.43. The molecule has 34 heavy (non-hydrogen) atoms. The van der Waals surface area contributed by atoms with Crippen molar-refractivity contribution in [2.75, 3.05) is 32.7 Å². The maximum atomic E-state index is 13.2. The normalized spacial score (nSPS) is 20.9. The third-order valence-corrected chi connectivity index (χ3v) is 7.56. The molecule has 2 aliphatic rings. The molecule has 6 heteroatoms. The highest BCUT2D eigenvalue weighted by molar-refractivity contribution is 5.91. The Labute approximate surface area is 203 Å². The van der Waals surface area contributed by atoms with Crippen LogP contribution < -0.4 is 16.4 Å². The second-order valence-electron chi connectivity index (χ2n) is 9.69. The number of hydrogen-bond donors (Lipinski definition) is 3. The van der Waals surface area contributed by atoms with E-state index in [9.17, 15) is 9.59 Å². The van der Waals surface area contributed by atoms with E-state index in [0.717, 1.165) is 82.4 Å². The number of nitrogens with zero attached hydrogens (tertiary/aromatic N) is 1. The zero-order valence-electron chi connectivity index (χ0n) is 20.0. The van der Waals surface area contributed by atoms with Crippen molar-refractivity contribution in [2.24, 2.45) is 11.7 Å². The van der Waals surface area contributed by atoms with Crippen molar-refractivity contribution in [3.05, 3.63) is 71.8 Å². The van der Waals surface area contributed by atoms with Crippen molar-refractivity contribution < 1.29 is 9.59 Å². The van der Waals surface area contributed by atoms with Crippen LogP contribution in [0, 0.1) is 5.92 Å². The van der Waals surface area contributed by atoms with Crippen LogP contribution in [0.3, 0.4) is 0 Å². The van der Waals surface area contributed by atoms with Gasteiger partial charge in [-0.1, -0.05) is 67.1 Å². The molecule has 0 spiro atoms. The van der Waals surface area contributed by atoms with Crippen LogP contribution >= 0.6 is 0 Å². The molecular weight excluding hydrogens is 424 g/mol. The molecule has 0 radical (unpaired) electrons. The van der Waals surface area contributed by atoms with Gasteiger partial charge in [-0.25, -0.2) is 0 Å². The number of hydrogen-bond acceptors (Lipinski definition) is 4. The van der Waals surface area contributed by atoms with Crippen molar-refractivity contribution in [2.45, 2.75) is 50.0 Å². The Hall–Kier alpha value is -2.70. The molecule has 4 N–H and O–H groups in total. The predicted octanol–water partition coefficient (Wildman–Crippen LogP) is 2.82. The van der Waals surface area contributed by atoms with Crippen LogP contribution in [0.2, 0.25) is 0 Å². The smallest absolute Gasteiger partial charge is 0.237 e. The second-order valence-corrected chi connectivity index (χ2v) is 9.69. The molecule has 1 unspecified atom stereocenters. The third kappa shape index (κ3) is 5.34. The van der Waals surface area contributed by atoms with E-state index in [1.165, 1.54) is 0 Å². The van der Waals surface area contributed by atoms with Gasteiger partial charge in [-0.3, -0.25) is 9.59 Å². The molecule has 0 bridgehead atoms. The number of benzene rings is 2. The van der Waals surface area contributed by atoms with Crippen molar-refractivity contribution >= 4 is 11.8 Å². The number of rotatable bonds is 11. The van der Waals surface area contributed by atoms with Gasteiger partial charge in [0, 0.05) is 13.1 Å². The molecule has 6 nitrogen and oxygen atoms in total. The topological polar surface area (TPSA) is 87.5 Å². The second kappa shape index (κ2) is 11.6. The molecule has 2 heterocycles. The zero-order chi connectivity index (χ0) is 23.8. The van der Waals surface area contributed by atoms with E-state index in [1.54, 1.807) is 0 Å². The number of unbranched alkanes of at least 4 members (excludes halogenated alkanes) is 2. The van der Waals surface area contributed by atoms with Gasteiger partial charge in [0.1, 0.15) is 5.41 Å². The Morgan fingerprint density at radius 1 is 0.971 bits per heavy atom. The van der Waals surface area contributed by atoms with Gasteiger partial charge in [0.15, 0.2) is 0 Å². The number of amides is 2. The van der Waals surface area contributed by atoms with E-state index in [2.05, 4.69) is 15.5 Å². The summed E-state index contributed by atoms with van der Waals surface area (Å²) in [5, 5.41) is 6.30. The summed E-state index contributed by atoms with van der Waals surface area (Å²) >= 11 is 0. The minimum atomic E-state index is -0.824. The molecule has 2 aromatic rings. The number of nitrogens with two attached hydrogens (primary N) is 1. The molecule has 2 saturated heterocycles. The van der Waals surface area contributed by atoms with Gasteiger partial charge in [0.25, 0.3) is 0 Å². The van der Waals surface area contributed by atoms with E-state index in [0.29, 0.717) is 0 Å². The fourth-order valence-corrected chi connectivity index (χ4v) is 5.80. The first-order chi connectivity index (χ1) is 16.6. The summed E-state index contributed by atoms with van der Waals surface area (Å²) < 4.78 is 0. The van der Waals surface area contributed by atoms with Gasteiger partial charge < -0.3 is 21.3 Å². The van der Waals surface area contributed by atoms with E-state index < -0.39 is 5.41 Å². The van der Waals surface area contributed by atoms with Crippen LogP contribution in [0.5, 0.6) is 0 Å². The average molecular weight is 463 g/mol. The molecule has 4 rings (SSSR count). The predicted molar refractivity (Wildman–Crippen MR) is 135 cm³/mol. The number of primary amides is 1. The van der Waals surface area contributed by atoms with Gasteiger partial charge in [-0.2, -0.15) is 0 Å². The maximum Gasteiger partial charge on any atom is 0.237 e. The van der Waals surface area contributed by atoms with Crippen molar-refractivity contribution in [1.29, 1.82) is 0 Å². The Morgan fingerprint density at radius 3 is 2.24 bits per heavy atom. The number of carbonyl (C=O) groups excluding carboxylic acids is 2. The first-order valence-corrected chi connectivity index (χ1v) is 12.8. The summed E-state index contributed by atoms with van der Waals surface area (Å²) in [6.07, 6.45) is 6.13. The lowest BCUT2D eigenvalue weighted by Gasteiger charge is -2.37. The molecule has 2 aromatic carbocycles. The lowest BCUT2D eigenvalue weighted by molar-refractivity contribution is -0.124. The SMILES string of the molecule is NC(=O)C(c1ccccc1)(c1ccccc1)[C@@H]1CCN(CCCCCNC(=O)C2CCCN2)C1. The minimum Gasteiger partial charge on any atom is -0.369 e. The van der Waals surface area contributed by atoms with Crippen molar-refractivity contribution in [3.8, 4) is 0 Å². The number of nitrogens with one attached hydrogen (secondary N) is 2. The van der Waals surface area contributed by atoms with Crippen LogP contribution in [-0.2, 0) is 15.0 Å². The molecule has 0 aromatic heterocycles. The van der Waals surface area contributed by atoms with Crippen LogP contribution in [-0.4, -0.2) is 55.5 Å². The number of carbonyl (C=O) groups is 2. The summed E-state index contributed by atoms with van der Waals surface area (Å²) in [4.78, 5) is 27.7. The highest BCUT2D eigenvalue weighted by atomic mass is 16.2. The Kier molecular flexibility index (Phi) is 8.35. The minimum absolute atomic E-state index is 0.00119. The lowest BCUT2D eigenvalue weighted by Crippen LogP contribution is -2.49. The summed E-state index contributed by atoms with van der Waals surface area (Å²) in [6, 6.07) is 20.1. The third-order valence-electron chi connectivity index (χ3n) is 7.56. The zero-order valence-corrected chi connectivity index (χ0v) is 20.0. The van der Waals surface area contributed by atoms with Gasteiger partial charge >= 0.3 is 0 Å². The summed E-state index contributed by atoms with van der Waals surface area (Å²) in [5.41, 5.74) is 7.32. The van der Waals surface area contributed by atoms with Gasteiger partial charge in [0.2, 0.25) is 11.8 Å². The molecule has 2 atom stereocenters. The molecule has 0 aliphatic carbocycles. The van der Waals surface area contributed by atoms with E-state index in [4.69, 9.17) is 5.73 Å². The summed E-state index contributed by atoms with van der Waals surface area (Å²) in [7, 11) is 0. The molecular formula is C28H38N4O2. The maximum absolute atomic E-state index is 13.2. The molecule has 2 aliphatic heterocycles. The van der Waals surface area contributed by atoms with Gasteiger partial charge in [-0.15, -0.1) is 0 Å². The first kappa shape index (κ1) is 24.4. The van der Waals surface area contributed by atoms with Crippen LogP contribution in [0.4, 0.5) is 0 Å². The van der Waals surface area contributed by atoms with E-state index in [1.807, 2.05) is 60.7 Å². The van der Waals surface area contributed by atoms with Gasteiger partial charge in [0.05, 0.1) is 6.04 Å². The van der Waals surface area contributed by atoms with Gasteiger partial charge in [-0.05, 0) is 68.8 Å². The van der Waals surface area contributed by atoms with Crippen LogP contribution in [0.1, 0.15) is 49.7 Å². The highest BCUT2D eigenvalue weighted by Gasteiger charge is 2.49. The van der Waals surface area contributed by atoms with Crippen LogP contribution in [0.25, 0.3) is 0 Å². The van der Waals surface area contributed by atoms with Crippen LogP contribution in [0.15, 0.2) is 60.7 Å². The molecule has 182 valence electrons. The van der Waals surface area contributed by atoms with E-state index >= 15 is 0 Å². The summed E-state index contributed by atoms with van der Waals surface area (Å²) in [5.74, 6) is 0.00161. The lowest BCUT2D eigenvalue weighted by atomic mass is 9.64. The Balaban J connectivity index is 1.33. The molecule has 2 amide bonds. The van der Waals surface area contributed by atoms with Crippen molar-refractivity contribution in [3.63, 3.8) is 0 Å². The first-order valence-electron chi connectivity index (χ1n) is 12.8. The average Bonchev–Trinajstić information content (AvgIpc) is 3.56. The monoisotopic (exact) mass is 462 g/mol. The fourth-order valence-electron chi connectivity index (χ4n) is 5.80. The Morgan fingerprint density at radius 2 is 1.65 bits per heavy atom. The number of likely N-dealkylation sites (tertiary alicyclic amines) is 1. The quantitative estimate of drug-likeness (QED) is 0.448. The summed E-state index contributed by atoms with van der Waals surface area (Å²) in [6.45, 7) is 4.53. The largest absolute Gasteiger partial charge is 0.369 e. The fraction of sp³-hybridized carbons (Fsp3) is 0.500. The van der Waals surface area contributed by atoms with Crippen molar-refractivity contribution in [1.82, 2.24) is 15.5 Å².